The SMILES string of the molecule is CCOc1ccccc1/C=C(/C#N)c1nc(-c2ccc(CC(C)C)cc2)cs1. The molecule has 3 rings (SSSR count). The van der Waals surface area contributed by atoms with Crippen LogP contribution in [0.3, 0.4) is 0 Å². The fourth-order valence-electron chi connectivity index (χ4n) is 3.00. The van der Waals surface area contributed by atoms with E-state index in [0.717, 1.165) is 34.0 Å². The number of benzene rings is 2. The standard InChI is InChI=1S/C24H24N2OS/c1-4-27-23-8-6-5-7-20(23)14-21(15-25)24-26-22(16-28-24)19-11-9-18(10-12-19)13-17(2)3/h5-12,14,16-17H,4,13H2,1-3H3/b21-14-. The molecule has 0 aliphatic heterocycles. The average molecular weight is 389 g/mol. The molecule has 142 valence electrons. The Kier molecular flexibility index (Phi) is 6.62. The number of nitrogens with zero attached hydrogens (tertiary/aromatic N) is 2. The molecule has 1 aromatic heterocycles. The maximum absolute atomic E-state index is 9.67. The monoisotopic (exact) mass is 388 g/mol. The molecule has 0 amide bonds. The van der Waals surface area contributed by atoms with E-state index in [1.165, 1.54) is 16.9 Å². The van der Waals surface area contributed by atoms with Crippen molar-refractivity contribution in [2.24, 2.45) is 5.92 Å². The van der Waals surface area contributed by atoms with E-state index in [1.807, 2.05) is 42.6 Å². The molecule has 28 heavy (non-hydrogen) atoms. The van der Waals surface area contributed by atoms with Crippen molar-refractivity contribution in [3.05, 3.63) is 70.0 Å². The van der Waals surface area contributed by atoms with Crippen LogP contribution in [0, 0.1) is 17.2 Å². The fraction of sp³-hybridized carbons (Fsp3) is 0.250. The normalized spacial score (nSPS) is 11.5. The Labute approximate surface area is 171 Å². The first-order valence-electron chi connectivity index (χ1n) is 9.49. The Morgan fingerprint density at radius 2 is 1.93 bits per heavy atom. The molecule has 0 aliphatic carbocycles. The second-order valence-electron chi connectivity index (χ2n) is 6.97. The lowest BCUT2D eigenvalue weighted by Gasteiger charge is -2.06. The van der Waals surface area contributed by atoms with E-state index in [-0.39, 0.29) is 0 Å². The van der Waals surface area contributed by atoms with E-state index in [1.54, 1.807) is 0 Å². The summed E-state index contributed by atoms with van der Waals surface area (Å²) in [5, 5.41) is 12.4. The van der Waals surface area contributed by atoms with Gasteiger partial charge in [-0.3, -0.25) is 0 Å². The zero-order chi connectivity index (χ0) is 19.9. The molecule has 0 spiro atoms. The molecule has 3 nitrogen and oxygen atoms in total. The average Bonchev–Trinajstić information content (AvgIpc) is 3.17. The summed E-state index contributed by atoms with van der Waals surface area (Å²) in [5.74, 6) is 1.41. The number of para-hydroxylation sites is 1. The van der Waals surface area contributed by atoms with Gasteiger partial charge in [-0.25, -0.2) is 4.98 Å². The maximum atomic E-state index is 9.67. The van der Waals surface area contributed by atoms with Crippen LogP contribution in [0.1, 0.15) is 36.9 Å². The molecule has 2 aromatic carbocycles. The summed E-state index contributed by atoms with van der Waals surface area (Å²) in [6.45, 7) is 6.98. The van der Waals surface area contributed by atoms with Crippen LogP contribution in [0.5, 0.6) is 5.75 Å². The number of allylic oxidation sites excluding steroid dienone is 1. The van der Waals surface area contributed by atoms with Gasteiger partial charge in [-0.2, -0.15) is 5.26 Å². The van der Waals surface area contributed by atoms with E-state index >= 15 is 0 Å². The van der Waals surface area contributed by atoms with Gasteiger partial charge in [0, 0.05) is 16.5 Å². The molecule has 4 heteroatoms. The summed E-state index contributed by atoms with van der Waals surface area (Å²) in [7, 11) is 0. The van der Waals surface area contributed by atoms with Gasteiger partial charge >= 0.3 is 0 Å². The number of hydrogen-bond acceptors (Lipinski definition) is 4. The van der Waals surface area contributed by atoms with Crippen molar-refractivity contribution in [2.45, 2.75) is 27.2 Å². The molecule has 0 unspecified atom stereocenters. The third kappa shape index (κ3) is 4.88. The van der Waals surface area contributed by atoms with Gasteiger partial charge in [-0.15, -0.1) is 11.3 Å². The molecule has 0 saturated carbocycles. The highest BCUT2D eigenvalue weighted by Gasteiger charge is 2.11. The van der Waals surface area contributed by atoms with Crippen molar-refractivity contribution in [1.82, 2.24) is 4.98 Å². The van der Waals surface area contributed by atoms with Crippen molar-refractivity contribution in [3.63, 3.8) is 0 Å². The molecular weight excluding hydrogens is 364 g/mol. The minimum Gasteiger partial charge on any atom is -0.493 e. The molecule has 0 atom stereocenters. The van der Waals surface area contributed by atoms with Crippen molar-refractivity contribution < 1.29 is 4.74 Å². The Balaban J connectivity index is 1.87. The third-order valence-corrected chi connectivity index (χ3v) is 5.14. The van der Waals surface area contributed by atoms with Crippen molar-refractivity contribution in [2.75, 3.05) is 6.61 Å². The van der Waals surface area contributed by atoms with Crippen LogP contribution in [0.15, 0.2) is 53.9 Å². The molecule has 3 aromatic rings. The molecule has 0 aliphatic rings. The quantitative estimate of drug-likeness (QED) is 0.436. The van der Waals surface area contributed by atoms with Gasteiger partial charge in [0.2, 0.25) is 0 Å². The first-order valence-corrected chi connectivity index (χ1v) is 10.4. The fourth-order valence-corrected chi connectivity index (χ4v) is 3.79. The van der Waals surface area contributed by atoms with E-state index in [9.17, 15) is 5.26 Å². The number of hydrogen-bond donors (Lipinski definition) is 0. The van der Waals surface area contributed by atoms with Crippen molar-refractivity contribution >= 4 is 23.0 Å². The van der Waals surface area contributed by atoms with Gasteiger partial charge < -0.3 is 4.74 Å². The molecule has 0 fully saturated rings. The number of thiazole rings is 1. The first kappa shape index (κ1) is 19.9. The number of nitriles is 1. The van der Waals surface area contributed by atoms with Crippen LogP contribution in [0.4, 0.5) is 0 Å². The number of aromatic nitrogens is 1. The highest BCUT2D eigenvalue weighted by molar-refractivity contribution is 7.11. The second kappa shape index (κ2) is 9.34. The minimum absolute atomic E-state index is 0.542. The van der Waals surface area contributed by atoms with Gasteiger partial charge in [-0.1, -0.05) is 56.3 Å². The Hall–Kier alpha value is -2.90. The predicted molar refractivity (Wildman–Crippen MR) is 117 cm³/mol. The lowest BCUT2D eigenvalue weighted by Crippen LogP contribution is -1.94. The van der Waals surface area contributed by atoms with Gasteiger partial charge in [0.25, 0.3) is 0 Å². The van der Waals surface area contributed by atoms with Crippen molar-refractivity contribution in [3.8, 4) is 23.1 Å². The van der Waals surface area contributed by atoms with Crippen LogP contribution in [-0.2, 0) is 6.42 Å². The summed E-state index contributed by atoms with van der Waals surface area (Å²) in [6.07, 6.45) is 2.92. The van der Waals surface area contributed by atoms with E-state index in [0.29, 0.717) is 18.1 Å². The van der Waals surface area contributed by atoms with Crippen LogP contribution in [0.2, 0.25) is 0 Å². The second-order valence-corrected chi connectivity index (χ2v) is 7.83. The van der Waals surface area contributed by atoms with E-state index < -0.39 is 0 Å². The maximum Gasteiger partial charge on any atom is 0.134 e. The molecule has 0 saturated heterocycles. The predicted octanol–water partition coefficient (Wildman–Crippen LogP) is 6.47. The summed E-state index contributed by atoms with van der Waals surface area (Å²) in [4.78, 5) is 4.70. The van der Waals surface area contributed by atoms with Crippen LogP contribution in [0.25, 0.3) is 22.9 Å². The summed E-state index contributed by atoms with van der Waals surface area (Å²) in [5.41, 5.74) is 4.73. The smallest absolute Gasteiger partial charge is 0.134 e. The minimum atomic E-state index is 0.542. The summed E-state index contributed by atoms with van der Waals surface area (Å²) < 4.78 is 5.66. The molecule has 0 N–H and O–H groups in total. The molecular formula is C24H24N2OS. The number of ether oxygens (including phenoxy) is 1. The summed E-state index contributed by atoms with van der Waals surface area (Å²) in [6, 6.07) is 18.6. The largest absolute Gasteiger partial charge is 0.493 e. The van der Waals surface area contributed by atoms with Gasteiger partial charge in [0.1, 0.15) is 16.8 Å². The van der Waals surface area contributed by atoms with Gasteiger partial charge in [-0.05, 0) is 37.0 Å². The van der Waals surface area contributed by atoms with E-state index in [4.69, 9.17) is 9.72 Å². The van der Waals surface area contributed by atoms with Crippen LogP contribution < -0.4 is 4.74 Å². The Bertz CT molecular complexity index is 994. The lowest BCUT2D eigenvalue weighted by atomic mass is 10.0. The van der Waals surface area contributed by atoms with Gasteiger partial charge in [0.15, 0.2) is 0 Å². The van der Waals surface area contributed by atoms with Crippen LogP contribution in [-0.4, -0.2) is 11.6 Å². The first-order chi connectivity index (χ1) is 13.6. The highest BCUT2D eigenvalue weighted by Crippen LogP contribution is 2.29. The van der Waals surface area contributed by atoms with Gasteiger partial charge in [0.05, 0.1) is 17.9 Å². The third-order valence-electron chi connectivity index (χ3n) is 4.27. The summed E-state index contributed by atoms with van der Waals surface area (Å²) >= 11 is 1.49. The highest BCUT2D eigenvalue weighted by atomic mass is 32.1. The van der Waals surface area contributed by atoms with Crippen molar-refractivity contribution in [1.29, 1.82) is 5.26 Å². The lowest BCUT2D eigenvalue weighted by molar-refractivity contribution is 0.339. The molecule has 0 bridgehead atoms. The van der Waals surface area contributed by atoms with Crippen LogP contribution >= 0.6 is 11.3 Å². The Morgan fingerprint density at radius 1 is 1.18 bits per heavy atom. The molecule has 0 radical (unpaired) electrons. The van der Waals surface area contributed by atoms with E-state index in [2.05, 4.69) is 44.2 Å². The number of rotatable bonds is 7. The zero-order valence-electron chi connectivity index (χ0n) is 16.5. The molecule has 1 heterocycles. The topological polar surface area (TPSA) is 45.9 Å². The Morgan fingerprint density at radius 3 is 2.61 bits per heavy atom. The zero-order valence-corrected chi connectivity index (χ0v) is 17.3.